The molecule has 0 unspecified atom stereocenters. The second-order valence-corrected chi connectivity index (χ2v) is 5.72. The highest BCUT2D eigenvalue weighted by atomic mass is 19.3. The van der Waals surface area contributed by atoms with Crippen molar-refractivity contribution in [1.82, 2.24) is 4.90 Å². The first-order chi connectivity index (χ1) is 11.8. The van der Waals surface area contributed by atoms with E-state index in [1.807, 2.05) is 4.90 Å². The van der Waals surface area contributed by atoms with Crippen LogP contribution in [0.5, 0.6) is 11.5 Å². The predicted molar refractivity (Wildman–Crippen MR) is 83.5 cm³/mol. The largest absolute Gasteiger partial charge is 0.493 e. The number of halogens is 2. The molecule has 10 heteroatoms. The van der Waals surface area contributed by atoms with Crippen LogP contribution in [0, 0.1) is 16.0 Å². The number of alkyl halides is 2. The van der Waals surface area contributed by atoms with Crippen molar-refractivity contribution >= 4 is 11.6 Å². The molecular formula is C15H19F2N3O5. The van der Waals surface area contributed by atoms with Crippen LogP contribution in [0.25, 0.3) is 0 Å². The van der Waals surface area contributed by atoms with Gasteiger partial charge in [0.1, 0.15) is 0 Å². The average molecular weight is 359 g/mol. The number of piperidine rings is 1. The van der Waals surface area contributed by atoms with Gasteiger partial charge in [-0.1, -0.05) is 0 Å². The van der Waals surface area contributed by atoms with Gasteiger partial charge >= 0.3 is 6.61 Å². The molecule has 2 N–H and O–H groups in total. The van der Waals surface area contributed by atoms with Crippen molar-refractivity contribution in [3.05, 3.63) is 27.8 Å². The van der Waals surface area contributed by atoms with Crippen molar-refractivity contribution < 1.29 is 28.0 Å². The maximum absolute atomic E-state index is 12.5. The Hall–Kier alpha value is -2.49. The third-order valence-corrected chi connectivity index (χ3v) is 4.16. The Labute approximate surface area is 142 Å². The summed E-state index contributed by atoms with van der Waals surface area (Å²) in [7, 11) is 1.27. The van der Waals surface area contributed by atoms with Crippen LogP contribution in [0.1, 0.15) is 18.4 Å². The van der Waals surface area contributed by atoms with Gasteiger partial charge in [0.15, 0.2) is 11.5 Å². The number of methoxy groups -OCH3 is 1. The van der Waals surface area contributed by atoms with Crippen molar-refractivity contribution in [2.24, 2.45) is 11.7 Å². The molecule has 1 aromatic carbocycles. The van der Waals surface area contributed by atoms with Crippen molar-refractivity contribution in [2.45, 2.75) is 26.0 Å². The zero-order chi connectivity index (χ0) is 18.6. The first-order valence-corrected chi connectivity index (χ1v) is 7.63. The van der Waals surface area contributed by atoms with Crippen LogP contribution in [0.3, 0.4) is 0 Å². The Bertz CT molecular complexity index is 648. The van der Waals surface area contributed by atoms with Gasteiger partial charge in [-0.3, -0.25) is 19.8 Å². The maximum Gasteiger partial charge on any atom is 0.387 e. The molecule has 1 aromatic rings. The van der Waals surface area contributed by atoms with Crippen LogP contribution < -0.4 is 15.2 Å². The summed E-state index contributed by atoms with van der Waals surface area (Å²) in [4.78, 5) is 23.8. The number of hydrogen-bond acceptors (Lipinski definition) is 6. The van der Waals surface area contributed by atoms with E-state index >= 15 is 0 Å². The number of amides is 1. The monoisotopic (exact) mass is 359 g/mol. The molecule has 2 rings (SSSR count). The molecule has 1 aliphatic heterocycles. The lowest BCUT2D eigenvalue weighted by molar-refractivity contribution is -0.385. The Morgan fingerprint density at radius 3 is 2.52 bits per heavy atom. The smallest absolute Gasteiger partial charge is 0.387 e. The van der Waals surface area contributed by atoms with Crippen LogP contribution in [0.4, 0.5) is 14.5 Å². The van der Waals surface area contributed by atoms with E-state index in [0.717, 1.165) is 6.07 Å². The molecule has 1 aliphatic rings. The van der Waals surface area contributed by atoms with Gasteiger partial charge in [-0.05, 0) is 32.0 Å². The zero-order valence-corrected chi connectivity index (χ0v) is 13.6. The summed E-state index contributed by atoms with van der Waals surface area (Å²) in [6.45, 7) is -1.77. The second-order valence-electron chi connectivity index (χ2n) is 5.72. The van der Waals surface area contributed by atoms with E-state index in [0.29, 0.717) is 31.5 Å². The fourth-order valence-electron chi connectivity index (χ4n) is 2.85. The zero-order valence-electron chi connectivity index (χ0n) is 13.6. The lowest BCUT2D eigenvalue weighted by atomic mass is 9.96. The Balaban J connectivity index is 2.21. The summed E-state index contributed by atoms with van der Waals surface area (Å²) in [5.74, 6) is -0.934. The number of hydrogen-bond donors (Lipinski definition) is 1. The highest BCUT2D eigenvalue weighted by molar-refractivity contribution is 5.76. The van der Waals surface area contributed by atoms with E-state index in [2.05, 4.69) is 4.74 Å². The minimum atomic E-state index is -3.12. The first kappa shape index (κ1) is 18.8. The molecule has 0 bridgehead atoms. The Morgan fingerprint density at radius 1 is 1.40 bits per heavy atom. The molecule has 0 aliphatic carbocycles. The van der Waals surface area contributed by atoms with E-state index in [1.165, 1.54) is 13.2 Å². The first-order valence-electron chi connectivity index (χ1n) is 7.63. The van der Waals surface area contributed by atoms with E-state index in [1.54, 1.807) is 0 Å². The van der Waals surface area contributed by atoms with Crippen LogP contribution >= 0.6 is 0 Å². The molecule has 25 heavy (non-hydrogen) atoms. The van der Waals surface area contributed by atoms with Gasteiger partial charge in [0.05, 0.1) is 18.1 Å². The summed E-state index contributed by atoms with van der Waals surface area (Å²) < 4.78 is 34.2. The number of likely N-dealkylation sites (tertiary alicyclic amines) is 1. The number of nitro groups is 1. The lowest BCUT2D eigenvalue weighted by Gasteiger charge is -2.30. The number of carbonyl (C=O) groups is 1. The summed E-state index contributed by atoms with van der Waals surface area (Å²) in [5, 5.41) is 11.3. The molecular weight excluding hydrogens is 340 g/mol. The maximum atomic E-state index is 12.5. The van der Waals surface area contributed by atoms with Crippen molar-refractivity contribution in [1.29, 1.82) is 0 Å². The number of nitrogens with zero attached hydrogens (tertiary/aromatic N) is 2. The highest BCUT2D eigenvalue weighted by Crippen LogP contribution is 2.36. The van der Waals surface area contributed by atoms with Gasteiger partial charge in [0.2, 0.25) is 5.91 Å². The minimum Gasteiger partial charge on any atom is -0.493 e. The van der Waals surface area contributed by atoms with Gasteiger partial charge in [-0.2, -0.15) is 8.78 Å². The van der Waals surface area contributed by atoms with E-state index < -0.39 is 11.5 Å². The number of ether oxygens (including phenoxy) is 2. The van der Waals surface area contributed by atoms with Gasteiger partial charge < -0.3 is 15.2 Å². The summed E-state index contributed by atoms with van der Waals surface area (Å²) in [6, 6.07) is 2.27. The van der Waals surface area contributed by atoms with Crippen LogP contribution in [0.2, 0.25) is 0 Å². The van der Waals surface area contributed by atoms with Gasteiger partial charge in [-0.15, -0.1) is 0 Å². The number of carbonyl (C=O) groups excluding carboxylic acids is 1. The lowest BCUT2D eigenvalue weighted by Crippen LogP contribution is -2.38. The normalized spacial score (nSPS) is 16.0. The molecule has 0 atom stereocenters. The molecule has 1 fully saturated rings. The molecule has 1 saturated heterocycles. The fourth-order valence-corrected chi connectivity index (χ4v) is 2.85. The number of nitrogens with two attached hydrogens (primary N) is 1. The van der Waals surface area contributed by atoms with Gasteiger partial charge in [0.25, 0.3) is 5.69 Å². The molecule has 0 spiro atoms. The molecule has 1 amide bonds. The van der Waals surface area contributed by atoms with Crippen LogP contribution in [-0.2, 0) is 11.3 Å². The Morgan fingerprint density at radius 2 is 2.04 bits per heavy atom. The molecule has 138 valence electrons. The summed E-state index contributed by atoms with van der Waals surface area (Å²) in [5.41, 5.74) is 5.28. The minimum absolute atomic E-state index is 0.00655. The summed E-state index contributed by atoms with van der Waals surface area (Å²) >= 11 is 0. The van der Waals surface area contributed by atoms with Crippen molar-refractivity contribution in [3.63, 3.8) is 0 Å². The van der Waals surface area contributed by atoms with E-state index in [9.17, 15) is 23.7 Å². The molecule has 0 aromatic heterocycles. The van der Waals surface area contributed by atoms with Crippen molar-refractivity contribution in [3.8, 4) is 11.5 Å². The predicted octanol–water partition coefficient (Wildman–Crippen LogP) is 1.90. The summed E-state index contributed by atoms with van der Waals surface area (Å²) in [6.07, 6.45) is 1.15. The van der Waals surface area contributed by atoms with E-state index in [4.69, 9.17) is 10.5 Å². The molecule has 0 radical (unpaired) electrons. The number of benzene rings is 1. The van der Waals surface area contributed by atoms with Crippen LogP contribution in [-0.4, -0.2) is 42.5 Å². The van der Waals surface area contributed by atoms with Gasteiger partial charge in [0, 0.05) is 18.0 Å². The number of primary amides is 1. The second kappa shape index (κ2) is 8.06. The number of nitro benzene ring substituents is 1. The third kappa shape index (κ3) is 4.75. The third-order valence-electron chi connectivity index (χ3n) is 4.16. The quantitative estimate of drug-likeness (QED) is 0.588. The standard InChI is InChI=1S/C15H19F2N3O5/c1-24-12-6-10(8-19-4-2-9(3-5-19)14(18)21)11(20(22)23)7-13(12)25-15(16)17/h6-7,9,15H,2-5,8H2,1H3,(H2,18,21). The topological polar surface area (TPSA) is 108 Å². The SMILES string of the molecule is COc1cc(CN2CCC(C(N)=O)CC2)c([N+](=O)[O-])cc1OC(F)F. The fraction of sp³-hybridized carbons (Fsp3) is 0.533. The number of rotatable bonds is 7. The average Bonchev–Trinajstić information content (AvgIpc) is 2.55. The molecule has 0 saturated carbocycles. The van der Waals surface area contributed by atoms with E-state index in [-0.39, 0.29) is 35.6 Å². The molecule has 8 nitrogen and oxygen atoms in total. The van der Waals surface area contributed by atoms with Crippen molar-refractivity contribution in [2.75, 3.05) is 20.2 Å². The molecule has 1 heterocycles. The Kier molecular flexibility index (Phi) is 6.07. The van der Waals surface area contributed by atoms with Gasteiger partial charge in [-0.25, -0.2) is 0 Å². The highest BCUT2D eigenvalue weighted by Gasteiger charge is 2.27. The van der Waals surface area contributed by atoms with Crippen LogP contribution in [0.15, 0.2) is 12.1 Å².